The van der Waals surface area contributed by atoms with Crippen LogP contribution in [0.15, 0.2) is 27.1 Å². The lowest BCUT2D eigenvalue weighted by Crippen LogP contribution is -2.25. The fourth-order valence-electron chi connectivity index (χ4n) is 2.07. The fraction of sp³-hybridized carbons (Fsp3) is 0.385. The summed E-state index contributed by atoms with van der Waals surface area (Å²) in [7, 11) is 0. The Balaban J connectivity index is 2.05. The standard InChI is InChI=1S/C13H13Br2NO2S/c1-8(17)19-11-5-13(18)16(7-11)6-9-4-10(14)2-3-12(9)15/h2-4,11H,5-7H2,1H3. The number of carbonyl (C=O) groups excluding carboxylic acids is 2. The molecule has 1 aliphatic heterocycles. The van der Waals surface area contributed by atoms with Gasteiger partial charge < -0.3 is 4.90 Å². The number of thioether (sulfide) groups is 1. The van der Waals surface area contributed by atoms with E-state index in [0.29, 0.717) is 19.5 Å². The first-order valence-electron chi connectivity index (χ1n) is 5.84. The van der Waals surface area contributed by atoms with Crippen LogP contribution in [0.5, 0.6) is 0 Å². The van der Waals surface area contributed by atoms with Gasteiger partial charge in [-0.1, -0.05) is 43.6 Å². The molecule has 2 rings (SSSR count). The second kappa shape index (κ2) is 6.41. The van der Waals surface area contributed by atoms with Crippen LogP contribution in [-0.4, -0.2) is 27.7 Å². The molecular formula is C13H13Br2NO2S. The summed E-state index contributed by atoms with van der Waals surface area (Å²) >= 11 is 8.19. The molecule has 1 aromatic rings. The van der Waals surface area contributed by atoms with E-state index in [9.17, 15) is 9.59 Å². The van der Waals surface area contributed by atoms with E-state index in [1.807, 2.05) is 23.1 Å². The number of rotatable bonds is 3. The highest BCUT2D eigenvalue weighted by atomic mass is 79.9. The van der Waals surface area contributed by atoms with Gasteiger partial charge in [-0.15, -0.1) is 0 Å². The summed E-state index contributed by atoms with van der Waals surface area (Å²) in [6.07, 6.45) is 0.454. The highest BCUT2D eigenvalue weighted by Crippen LogP contribution is 2.28. The molecule has 1 amide bonds. The molecule has 1 aromatic carbocycles. The van der Waals surface area contributed by atoms with Crippen molar-refractivity contribution < 1.29 is 9.59 Å². The Morgan fingerprint density at radius 2 is 2.21 bits per heavy atom. The lowest BCUT2D eigenvalue weighted by Gasteiger charge is -2.17. The molecule has 3 nitrogen and oxygen atoms in total. The second-order valence-electron chi connectivity index (χ2n) is 4.45. The van der Waals surface area contributed by atoms with Gasteiger partial charge in [0.1, 0.15) is 0 Å². The van der Waals surface area contributed by atoms with Gasteiger partial charge in [-0.25, -0.2) is 0 Å². The van der Waals surface area contributed by atoms with Gasteiger partial charge in [0.05, 0.1) is 0 Å². The predicted octanol–water partition coefficient (Wildman–Crippen LogP) is 3.59. The van der Waals surface area contributed by atoms with Crippen LogP contribution in [0.25, 0.3) is 0 Å². The minimum absolute atomic E-state index is 0.0725. The number of hydrogen-bond acceptors (Lipinski definition) is 3. The zero-order chi connectivity index (χ0) is 14.0. The zero-order valence-corrected chi connectivity index (χ0v) is 14.3. The van der Waals surface area contributed by atoms with E-state index in [2.05, 4.69) is 31.9 Å². The molecule has 1 unspecified atom stereocenters. The van der Waals surface area contributed by atoms with Crippen LogP contribution < -0.4 is 0 Å². The summed E-state index contributed by atoms with van der Waals surface area (Å²) < 4.78 is 1.98. The van der Waals surface area contributed by atoms with E-state index in [1.54, 1.807) is 6.92 Å². The average molecular weight is 407 g/mol. The minimum atomic E-state index is 0.0725. The molecule has 1 atom stereocenters. The fourth-order valence-corrected chi connectivity index (χ4v) is 3.80. The van der Waals surface area contributed by atoms with Gasteiger partial charge in [0.2, 0.25) is 5.91 Å². The lowest BCUT2D eigenvalue weighted by molar-refractivity contribution is -0.128. The molecule has 0 saturated carbocycles. The average Bonchev–Trinajstić information content (AvgIpc) is 2.63. The van der Waals surface area contributed by atoms with Crippen molar-refractivity contribution >= 4 is 54.6 Å². The molecule has 0 aliphatic carbocycles. The third-order valence-electron chi connectivity index (χ3n) is 2.88. The number of hydrogen-bond donors (Lipinski definition) is 0. The Labute approximate surface area is 133 Å². The molecule has 0 aromatic heterocycles. The van der Waals surface area contributed by atoms with Crippen molar-refractivity contribution in [2.24, 2.45) is 0 Å². The van der Waals surface area contributed by atoms with Crippen LogP contribution in [0.3, 0.4) is 0 Å². The molecule has 0 N–H and O–H groups in total. The van der Waals surface area contributed by atoms with E-state index in [4.69, 9.17) is 0 Å². The highest BCUT2D eigenvalue weighted by molar-refractivity contribution is 9.11. The van der Waals surface area contributed by atoms with Gasteiger partial charge in [-0.3, -0.25) is 9.59 Å². The molecule has 1 aliphatic rings. The Kier molecular flexibility index (Phi) is 5.09. The normalized spacial score (nSPS) is 19.0. The molecule has 1 heterocycles. The van der Waals surface area contributed by atoms with Gasteiger partial charge in [-0.05, 0) is 23.8 Å². The third kappa shape index (κ3) is 4.07. The summed E-state index contributed by atoms with van der Waals surface area (Å²) in [5.74, 6) is 0.116. The number of halogens is 2. The topological polar surface area (TPSA) is 37.4 Å². The molecule has 1 fully saturated rings. The van der Waals surface area contributed by atoms with Crippen LogP contribution in [0.2, 0.25) is 0 Å². The Hall–Kier alpha value is -0.330. The quantitative estimate of drug-likeness (QED) is 0.769. The molecule has 1 saturated heterocycles. The molecule has 6 heteroatoms. The summed E-state index contributed by atoms with van der Waals surface area (Å²) in [5, 5.41) is 0.166. The van der Waals surface area contributed by atoms with Crippen molar-refractivity contribution in [2.75, 3.05) is 6.54 Å². The summed E-state index contributed by atoms with van der Waals surface area (Å²) in [6, 6.07) is 5.92. The maximum Gasteiger partial charge on any atom is 0.224 e. The molecule has 102 valence electrons. The Morgan fingerprint density at radius 3 is 2.89 bits per heavy atom. The smallest absolute Gasteiger partial charge is 0.224 e. The molecule has 0 spiro atoms. The third-order valence-corrected chi connectivity index (χ3v) is 5.13. The van der Waals surface area contributed by atoms with E-state index >= 15 is 0 Å². The van der Waals surface area contributed by atoms with E-state index in [1.165, 1.54) is 11.8 Å². The van der Waals surface area contributed by atoms with Crippen molar-refractivity contribution in [3.63, 3.8) is 0 Å². The molecular weight excluding hydrogens is 394 g/mol. The van der Waals surface area contributed by atoms with Crippen LogP contribution >= 0.6 is 43.6 Å². The van der Waals surface area contributed by atoms with Crippen LogP contribution in [0, 0.1) is 0 Å². The monoisotopic (exact) mass is 405 g/mol. The summed E-state index contributed by atoms with van der Waals surface area (Å²) in [5.41, 5.74) is 1.07. The van der Waals surface area contributed by atoms with Crippen LogP contribution in [-0.2, 0) is 16.1 Å². The predicted molar refractivity (Wildman–Crippen MR) is 83.9 cm³/mol. The molecule has 0 radical (unpaired) electrons. The first kappa shape index (κ1) is 15.1. The maximum atomic E-state index is 11.9. The molecule has 0 bridgehead atoms. The van der Waals surface area contributed by atoms with Gasteiger partial charge >= 0.3 is 0 Å². The van der Waals surface area contributed by atoms with Crippen LogP contribution in [0.4, 0.5) is 0 Å². The van der Waals surface area contributed by atoms with Gasteiger partial charge in [0, 0.05) is 40.6 Å². The first-order chi connectivity index (χ1) is 8.95. The van der Waals surface area contributed by atoms with Crippen molar-refractivity contribution in [1.82, 2.24) is 4.90 Å². The van der Waals surface area contributed by atoms with Crippen molar-refractivity contribution in [3.8, 4) is 0 Å². The highest BCUT2D eigenvalue weighted by Gasteiger charge is 2.31. The number of amides is 1. The first-order valence-corrected chi connectivity index (χ1v) is 8.31. The summed E-state index contributed by atoms with van der Waals surface area (Å²) in [4.78, 5) is 24.8. The van der Waals surface area contributed by atoms with Crippen molar-refractivity contribution in [1.29, 1.82) is 0 Å². The zero-order valence-electron chi connectivity index (χ0n) is 10.4. The van der Waals surface area contributed by atoms with E-state index in [-0.39, 0.29) is 16.3 Å². The number of carbonyl (C=O) groups is 2. The lowest BCUT2D eigenvalue weighted by atomic mass is 10.2. The minimum Gasteiger partial charge on any atom is -0.337 e. The summed E-state index contributed by atoms with van der Waals surface area (Å²) in [6.45, 7) is 2.76. The van der Waals surface area contributed by atoms with Crippen molar-refractivity contribution in [3.05, 3.63) is 32.7 Å². The second-order valence-corrected chi connectivity index (χ2v) is 7.69. The van der Waals surface area contributed by atoms with Gasteiger partial charge in [0.15, 0.2) is 5.12 Å². The number of nitrogens with zero attached hydrogens (tertiary/aromatic N) is 1. The number of likely N-dealkylation sites (tertiary alicyclic amines) is 1. The van der Waals surface area contributed by atoms with Crippen LogP contribution in [0.1, 0.15) is 18.9 Å². The van der Waals surface area contributed by atoms with Gasteiger partial charge in [0.25, 0.3) is 0 Å². The van der Waals surface area contributed by atoms with E-state index < -0.39 is 0 Å². The number of benzene rings is 1. The van der Waals surface area contributed by atoms with Gasteiger partial charge in [-0.2, -0.15) is 0 Å². The SMILES string of the molecule is CC(=O)SC1CC(=O)N(Cc2cc(Br)ccc2Br)C1. The van der Waals surface area contributed by atoms with Crippen molar-refractivity contribution in [2.45, 2.75) is 25.1 Å². The Bertz CT molecular complexity index is 521. The maximum absolute atomic E-state index is 11.9. The Morgan fingerprint density at radius 1 is 1.47 bits per heavy atom. The molecule has 19 heavy (non-hydrogen) atoms. The largest absolute Gasteiger partial charge is 0.337 e. The van der Waals surface area contributed by atoms with E-state index in [0.717, 1.165) is 14.5 Å².